The Balaban J connectivity index is 1.48. The molecule has 1 heterocycles. The van der Waals surface area contributed by atoms with Crippen LogP contribution in [0, 0.1) is 0 Å². The molecule has 3 rings (SSSR count). The van der Waals surface area contributed by atoms with E-state index in [2.05, 4.69) is 17.4 Å². The molecular formula is C18H19NO3S2. The van der Waals surface area contributed by atoms with E-state index >= 15 is 0 Å². The third-order valence-electron chi connectivity index (χ3n) is 3.52. The molecule has 126 valence electrons. The summed E-state index contributed by atoms with van der Waals surface area (Å²) in [5.74, 6) is 3.68. The van der Waals surface area contributed by atoms with Crippen molar-refractivity contribution in [2.75, 3.05) is 30.5 Å². The zero-order valence-corrected chi connectivity index (χ0v) is 15.0. The maximum atomic E-state index is 11.9. The van der Waals surface area contributed by atoms with Crippen LogP contribution in [0.3, 0.4) is 0 Å². The van der Waals surface area contributed by atoms with Crippen LogP contribution in [0.5, 0.6) is 11.5 Å². The van der Waals surface area contributed by atoms with Gasteiger partial charge in [0.2, 0.25) is 0 Å². The Morgan fingerprint density at radius 3 is 2.29 bits per heavy atom. The Hall–Kier alpha value is -1.79. The average Bonchev–Trinajstić information content (AvgIpc) is 3.16. The molecule has 0 atom stereocenters. The number of hydrogen-bond donors (Lipinski definition) is 1. The van der Waals surface area contributed by atoms with Gasteiger partial charge in [0.25, 0.3) is 5.91 Å². The molecule has 1 saturated heterocycles. The van der Waals surface area contributed by atoms with E-state index in [-0.39, 0.29) is 12.5 Å². The molecule has 0 aliphatic carbocycles. The van der Waals surface area contributed by atoms with Gasteiger partial charge in [0, 0.05) is 17.2 Å². The van der Waals surface area contributed by atoms with Gasteiger partial charge in [0.15, 0.2) is 6.61 Å². The Morgan fingerprint density at radius 2 is 1.67 bits per heavy atom. The van der Waals surface area contributed by atoms with Crippen LogP contribution in [0.4, 0.5) is 5.69 Å². The fourth-order valence-corrected chi connectivity index (χ4v) is 5.15. The van der Waals surface area contributed by atoms with Crippen LogP contribution in [0.1, 0.15) is 10.1 Å². The zero-order valence-electron chi connectivity index (χ0n) is 13.4. The summed E-state index contributed by atoms with van der Waals surface area (Å²) in [5.41, 5.74) is 2.02. The number of carbonyl (C=O) groups excluding carboxylic acids is 1. The van der Waals surface area contributed by atoms with E-state index in [1.54, 1.807) is 31.4 Å². The van der Waals surface area contributed by atoms with Crippen LogP contribution in [0.15, 0.2) is 48.5 Å². The molecule has 0 aromatic heterocycles. The summed E-state index contributed by atoms with van der Waals surface area (Å²) in [6, 6.07) is 15.2. The van der Waals surface area contributed by atoms with E-state index in [4.69, 9.17) is 9.47 Å². The van der Waals surface area contributed by atoms with Crippen molar-refractivity contribution in [1.82, 2.24) is 0 Å². The molecule has 1 amide bonds. The zero-order chi connectivity index (χ0) is 16.8. The van der Waals surface area contributed by atoms with Crippen LogP contribution in [-0.4, -0.2) is 31.1 Å². The van der Waals surface area contributed by atoms with Gasteiger partial charge in [-0.05, 0) is 42.0 Å². The van der Waals surface area contributed by atoms with Crippen LogP contribution in [0.2, 0.25) is 0 Å². The van der Waals surface area contributed by atoms with Gasteiger partial charge in [-0.15, -0.1) is 23.5 Å². The van der Waals surface area contributed by atoms with Gasteiger partial charge in [-0.25, -0.2) is 0 Å². The smallest absolute Gasteiger partial charge is 0.262 e. The van der Waals surface area contributed by atoms with Gasteiger partial charge in [-0.2, -0.15) is 0 Å². The van der Waals surface area contributed by atoms with Crippen molar-refractivity contribution in [3.8, 4) is 11.5 Å². The average molecular weight is 361 g/mol. The molecule has 0 saturated carbocycles. The lowest BCUT2D eigenvalue weighted by Gasteiger charge is -2.11. The van der Waals surface area contributed by atoms with Gasteiger partial charge in [-0.1, -0.05) is 12.1 Å². The molecule has 0 radical (unpaired) electrons. The van der Waals surface area contributed by atoms with Crippen LogP contribution >= 0.6 is 23.5 Å². The third-order valence-corrected chi connectivity index (χ3v) is 6.62. The number of ether oxygens (including phenoxy) is 2. The summed E-state index contributed by atoms with van der Waals surface area (Å²) in [4.78, 5) is 11.9. The molecule has 4 nitrogen and oxygen atoms in total. The number of thioether (sulfide) groups is 2. The monoisotopic (exact) mass is 361 g/mol. The summed E-state index contributed by atoms with van der Waals surface area (Å²) in [7, 11) is 1.61. The first-order valence-electron chi connectivity index (χ1n) is 7.64. The molecule has 2 aromatic rings. The highest BCUT2D eigenvalue weighted by molar-refractivity contribution is 8.19. The second-order valence-corrected chi connectivity index (χ2v) is 7.93. The number of nitrogens with one attached hydrogen (secondary N) is 1. The van der Waals surface area contributed by atoms with Crippen molar-refractivity contribution in [3.05, 3.63) is 54.1 Å². The summed E-state index contributed by atoms with van der Waals surface area (Å²) >= 11 is 3.94. The molecule has 24 heavy (non-hydrogen) atoms. The number of rotatable bonds is 6. The fourth-order valence-electron chi connectivity index (χ4n) is 2.29. The molecule has 1 N–H and O–H groups in total. The lowest BCUT2D eigenvalue weighted by Crippen LogP contribution is -2.20. The molecule has 1 fully saturated rings. The number of methoxy groups -OCH3 is 1. The molecule has 0 unspecified atom stereocenters. The minimum Gasteiger partial charge on any atom is -0.497 e. The summed E-state index contributed by atoms with van der Waals surface area (Å²) in [6.45, 7) is -0.0156. The quantitative estimate of drug-likeness (QED) is 0.836. The predicted molar refractivity (Wildman–Crippen MR) is 101 cm³/mol. The first kappa shape index (κ1) is 17.0. The van der Waals surface area contributed by atoms with Gasteiger partial charge in [0.1, 0.15) is 11.5 Å². The minimum absolute atomic E-state index is 0.0156. The van der Waals surface area contributed by atoms with Crippen molar-refractivity contribution in [1.29, 1.82) is 0 Å². The van der Waals surface area contributed by atoms with E-state index < -0.39 is 0 Å². The van der Waals surface area contributed by atoms with Crippen molar-refractivity contribution in [2.45, 2.75) is 4.58 Å². The van der Waals surface area contributed by atoms with E-state index in [0.717, 1.165) is 11.4 Å². The molecule has 0 bridgehead atoms. The van der Waals surface area contributed by atoms with Crippen molar-refractivity contribution in [2.24, 2.45) is 0 Å². The van der Waals surface area contributed by atoms with Gasteiger partial charge < -0.3 is 14.8 Å². The lowest BCUT2D eigenvalue weighted by atomic mass is 10.2. The van der Waals surface area contributed by atoms with Crippen LogP contribution in [0.25, 0.3) is 0 Å². The normalized spacial score (nSPS) is 14.4. The molecule has 6 heteroatoms. The van der Waals surface area contributed by atoms with Crippen molar-refractivity contribution >= 4 is 35.1 Å². The lowest BCUT2D eigenvalue weighted by molar-refractivity contribution is -0.118. The Labute approximate surface area is 150 Å². The molecule has 1 aliphatic heterocycles. The fraction of sp³-hybridized carbons (Fsp3) is 0.278. The van der Waals surface area contributed by atoms with Gasteiger partial charge in [0.05, 0.1) is 11.7 Å². The second kappa shape index (κ2) is 8.35. The standard InChI is InChI=1S/C18H19NO3S2/c1-21-15-8-4-14(5-9-15)19-17(20)12-22-16-6-2-13(3-7-16)18-23-10-11-24-18/h2-9,18H,10-12H2,1H3,(H,19,20). The highest BCUT2D eigenvalue weighted by Gasteiger charge is 2.17. The highest BCUT2D eigenvalue weighted by atomic mass is 32.2. The Morgan fingerprint density at radius 1 is 1.04 bits per heavy atom. The third kappa shape index (κ3) is 4.61. The summed E-state index contributed by atoms with van der Waals surface area (Å²) in [6.07, 6.45) is 0. The van der Waals surface area contributed by atoms with E-state index in [0.29, 0.717) is 10.3 Å². The SMILES string of the molecule is COc1ccc(NC(=O)COc2ccc(C3SCCS3)cc2)cc1. The number of benzene rings is 2. The van der Waals surface area contributed by atoms with E-state index in [9.17, 15) is 4.79 Å². The molecule has 2 aromatic carbocycles. The number of hydrogen-bond acceptors (Lipinski definition) is 5. The topological polar surface area (TPSA) is 47.6 Å². The van der Waals surface area contributed by atoms with E-state index in [1.807, 2.05) is 35.7 Å². The Kier molecular flexibility index (Phi) is 5.93. The Bertz CT molecular complexity index is 668. The minimum atomic E-state index is -0.189. The maximum Gasteiger partial charge on any atom is 0.262 e. The second-order valence-electron chi connectivity index (χ2n) is 5.21. The number of amides is 1. The molecule has 1 aliphatic rings. The first-order chi connectivity index (χ1) is 11.7. The van der Waals surface area contributed by atoms with Gasteiger partial charge in [-0.3, -0.25) is 4.79 Å². The molecule has 0 spiro atoms. The van der Waals surface area contributed by atoms with Gasteiger partial charge >= 0.3 is 0 Å². The first-order valence-corrected chi connectivity index (χ1v) is 9.74. The van der Waals surface area contributed by atoms with Crippen LogP contribution < -0.4 is 14.8 Å². The van der Waals surface area contributed by atoms with E-state index in [1.165, 1.54) is 17.1 Å². The molecular weight excluding hydrogens is 342 g/mol. The summed E-state index contributed by atoms with van der Waals surface area (Å²) in [5, 5.41) is 2.79. The largest absolute Gasteiger partial charge is 0.497 e. The van der Waals surface area contributed by atoms with Crippen molar-refractivity contribution in [3.63, 3.8) is 0 Å². The number of anilines is 1. The van der Waals surface area contributed by atoms with Crippen LogP contribution in [-0.2, 0) is 4.79 Å². The predicted octanol–water partition coefficient (Wildman–Crippen LogP) is 4.19. The summed E-state index contributed by atoms with van der Waals surface area (Å²) < 4.78 is 11.2. The highest BCUT2D eigenvalue weighted by Crippen LogP contribution is 2.45. The maximum absolute atomic E-state index is 11.9. The van der Waals surface area contributed by atoms with Crippen molar-refractivity contribution < 1.29 is 14.3 Å². The number of carbonyl (C=O) groups is 1.